The maximum absolute atomic E-state index is 6.59. The van der Waals surface area contributed by atoms with Crippen LogP contribution < -0.4 is 5.73 Å². The van der Waals surface area contributed by atoms with Gasteiger partial charge in [0, 0.05) is 18.8 Å². The topological polar surface area (TPSA) is 61.7 Å². The minimum atomic E-state index is 0.750. The van der Waals surface area contributed by atoms with Crippen LogP contribution in [-0.2, 0) is 13.1 Å². The standard InChI is InChI=1S/C25H25N5/c1-16-19(12-29-14-27-21-8-4-6-10-23(21)29)17(2)25(26)18(3)20(16)13-30-15-28-22-9-5-7-11-24(22)30/h4-11,14-15H,12-13,26H2,1-3H3. The maximum atomic E-state index is 6.59. The average molecular weight is 396 g/mol. The monoisotopic (exact) mass is 395 g/mol. The second kappa shape index (κ2) is 7.02. The quantitative estimate of drug-likeness (QED) is 0.436. The number of nitrogen functional groups attached to an aromatic ring is 1. The third-order valence-corrected chi connectivity index (χ3v) is 6.33. The molecule has 5 heteroatoms. The zero-order valence-electron chi connectivity index (χ0n) is 17.6. The van der Waals surface area contributed by atoms with Crippen LogP contribution in [0.4, 0.5) is 5.69 Å². The molecule has 0 amide bonds. The highest BCUT2D eigenvalue weighted by atomic mass is 15.0. The Bertz CT molecular complexity index is 1290. The summed E-state index contributed by atoms with van der Waals surface area (Å²) in [6.07, 6.45) is 3.84. The molecule has 0 aliphatic rings. The third-order valence-electron chi connectivity index (χ3n) is 6.33. The molecule has 0 bridgehead atoms. The molecular weight excluding hydrogens is 370 g/mol. The fourth-order valence-corrected chi connectivity index (χ4v) is 4.44. The molecule has 5 aromatic rings. The summed E-state index contributed by atoms with van der Waals surface area (Å²) in [4.78, 5) is 9.10. The lowest BCUT2D eigenvalue weighted by atomic mass is 9.91. The summed E-state index contributed by atoms with van der Waals surface area (Å²) in [7, 11) is 0. The van der Waals surface area contributed by atoms with E-state index in [1.807, 2.05) is 36.9 Å². The van der Waals surface area contributed by atoms with Gasteiger partial charge in [0.15, 0.2) is 0 Å². The van der Waals surface area contributed by atoms with Gasteiger partial charge in [-0.15, -0.1) is 0 Å². The molecule has 0 atom stereocenters. The first-order valence-electron chi connectivity index (χ1n) is 10.2. The number of benzene rings is 3. The summed E-state index contributed by atoms with van der Waals surface area (Å²) in [6.45, 7) is 7.96. The summed E-state index contributed by atoms with van der Waals surface area (Å²) in [5.74, 6) is 0. The smallest absolute Gasteiger partial charge is 0.0961 e. The first kappa shape index (κ1) is 18.4. The number of para-hydroxylation sites is 4. The zero-order chi connectivity index (χ0) is 20.8. The molecular formula is C25H25N5. The normalized spacial score (nSPS) is 11.6. The van der Waals surface area contributed by atoms with Gasteiger partial charge in [-0.2, -0.15) is 0 Å². The predicted molar refractivity (Wildman–Crippen MR) is 123 cm³/mol. The highest BCUT2D eigenvalue weighted by Crippen LogP contribution is 2.31. The molecule has 0 saturated heterocycles. The van der Waals surface area contributed by atoms with E-state index in [2.05, 4.69) is 64.1 Å². The highest BCUT2D eigenvalue weighted by Gasteiger charge is 2.17. The van der Waals surface area contributed by atoms with Crippen LogP contribution in [0.3, 0.4) is 0 Å². The SMILES string of the molecule is Cc1c(N)c(C)c(Cn2cnc3ccccc32)c(C)c1Cn1cnc2ccccc21. The molecule has 0 spiro atoms. The van der Waals surface area contributed by atoms with E-state index in [-0.39, 0.29) is 0 Å². The summed E-state index contributed by atoms with van der Waals surface area (Å²) in [5.41, 5.74) is 17.9. The Morgan fingerprint density at radius 1 is 0.667 bits per heavy atom. The Balaban J connectivity index is 1.61. The van der Waals surface area contributed by atoms with Crippen molar-refractivity contribution in [2.45, 2.75) is 33.9 Å². The van der Waals surface area contributed by atoms with Crippen molar-refractivity contribution >= 4 is 27.8 Å². The fraction of sp³-hybridized carbons (Fsp3) is 0.200. The molecule has 0 saturated carbocycles. The number of hydrogen-bond donors (Lipinski definition) is 1. The van der Waals surface area contributed by atoms with Gasteiger partial charge in [0.25, 0.3) is 0 Å². The lowest BCUT2D eigenvalue weighted by Crippen LogP contribution is -2.12. The number of fused-ring (bicyclic) bond motifs is 2. The highest BCUT2D eigenvalue weighted by molar-refractivity contribution is 5.76. The van der Waals surface area contributed by atoms with E-state index >= 15 is 0 Å². The summed E-state index contributed by atoms with van der Waals surface area (Å²) < 4.78 is 4.41. The van der Waals surface area contributed by atoms with Crippen LogP contribution in [0, 0.1) is 20.8 Å². The van der Waals surface area contributed by atoms with Crippen molar-refractivity contribution in [3.8, 4) is 0 Å². The Morgan fingerprint density at radius 3 is 1.57 bits per heavy atom. The van der Waals surface area contributed by atoms with Crippen LogP contribution in [0.2, 0.25) is 0 Å². The van der Waals surface area contributed by atoms with Gasteiger partial charge in [-0.3, -0.25) is 0 Å². The van der Waals surface area contributed by atoms with Crippen molar-refractivity contribution in [1.82, 2.24) is 19.1 Å². The minimum Gasteiger partial charge on any atom is -0.398 e. The first-order chi connectivity index (χ1) is 14.5. The van der Waals surface area contributed by atoms with Crippen LogP contribution in [0.1, 0.15) is 27.8 Å². The fourth-order valence-electron chi connectivity index (χ4n) is 4.44. The van der Waals surface area contributed by atoms with E-state index < -0.39 is 0 Å². The van der Waals surface area contributed by atoms with Crippen LogP contribution in [0.15, 0.2) is 61.2 Å². The summed E-state index contributed by atoms with van der Waals surface area (Å²) in [5, 5.41) is 0. The van der Waals surface area contributed by atoms with E-state index in [1.54, 1.807) is 0 Å². The first-order valence-corrected chi connectivity index (χ1v) is 10.2. The largest absolute Gasteiger partial charge is 0.398 e. The van der Waals surface area contributed by atoms with E-state index in [0.29, 0.717) is 0 Å². The van der Waals surface area contributed by atoms with Crippen molar-refractivity contribution in [2.24, 2.45) is 0 Å². The molecule has 2 N–H and O–H groups in total. The van der Waals surface area contributed by atoms with Crippen molar-refractivity contribution in [3.05, 3.63) is 89.0 Å². The van der Waals surface area contributed by atoms with E-state index in [0.717, 1.165) is 52.0 Å². The van der Waals surface area contributed by atoms with Gasteiger partial charge in [-0.25, -0.2) is 9.97 Å². The molecule has 0 radical (unpaired) electrons. The number of nitrogens with zero attached hydrogens (tertiary/aromatic N) is 4. The molecule has 30 heavy (non-hydrogen) atoms. The van der Waals surface area contributed by atoms with Crippen LogP contribution in [0.5, 0.6) is 0 Å². The zero-order valence-corrected chi connectivity index (χ0v) is 17.6. The molecule has 0 aliphatic carbocycles. The van der Waals surface area contributed by atoms with E-state index in [1.165, 1.54) is 16.7 Å². The molecule has 0 aliphatic heterocycles. The molecule has 5 nitrogen and oxygen atoms in total. The van der Waals surface area contributed by atoms with Crippen molar-refractivity contribution < 1.29 is 0 Å². The average Bonchev–Trinajstić information content (AvgIpc) is 3.37. The second-order valence-corrected chi connectivity index (χ2v) is 7.97. The third kappa shape index (κ3) is 2.86. The van der Waals surface area contributed by atoms with Gasteiger partial charge in [0.1, 0.15) is 0 Å². The number of hydrogen-bond acceptors (Lipinski definition) is 3. The van der Waals surface area contributed by atoms with Crippen molar-refractivity contribution in [3.63, 3.8) is 0 Å². The number of aromatic nitrogens is 4. The lowest BCUT2D eigenvalue weighted by molar-refractivity contribution is 0.784. The van der Waals surface area contributed by atoms with Gasteiger partial charge in [0.2, 0.25) is 0 Å². The second-order valence-electron chi connectivity index (χ2n) is 7.97. The Labute approximate surface area is 175 Å². The van der Waals surface area contributed by atoms with Gasteiger partial charge in [0.05, 0.1) is 34.7 Å². The lowest BCUT2D eigenvalue weighted by Gasteiger charge is -2.21. The number of rotatable bonds is 4. The Morgan fingerprint density at radius 2 is 1.10 bits per heavy atom. The van der Waals surface area contributed by atoms with Gasteiger partial charge in [-0.05, 0) is 72.9 Å². The van der Waals surface area contributed by atoms with E-state index in [4.69, 9.17) is 5.73 Å². The predicted octanol–water partition coefficient (Wildman–Crippen LogP) is 4.99. The maximum Gasteiger partial charge on any atom is 0.0961 e. The molecule has 0 fully saturated rings. The van der Waals surface area contributed by atoms with Crippen LogP contribution >= 0.6 is 0 Å². The Hall–Kier alpha value is -3.60. The van der Waals surface area contributed by atoms with E-state index in [9.17, 15) is 0 Å². The minimum absolute atomic E-state index is 0.750. The summed E-state index contributed by atoms with van der Waals surface area (Å²) >= 11 is 0. The molecule has 3 aromatic carbocycles. The number of imidazole rings is 2. The Kier molecular flexibility index (Phi) is 4.31. The van der Waals surface area contributed by atoms with Crippen molar-refractivity contribution in [2.75, 3.05) is 5.73 Å². The van der Waals surface area contributed by atoms with Gasteiger partial charge < -0.3 is 14.9 Å². The van der Waals surface area contributed by atoms with Gasteiger partial charge in [-0.1, -0.05) is 24.3 Å². The van der Waals surface area contributed by atoms with Crippen molar-refractivity contribution in [1.29, 1.82) is 0 Å². The van der Waals surface area contributed by atoms with Crippen LogP contribution in [0.25, 0.3) is 22.1 Å². The van der Waals surface area contributed by atoms with Gasteiger partial charge >= 0.3 is 0 Å². The van der Waals surface area contributed by atoms with Crippen LogP contribution in [-0.4, -0.2) is 19.1 Å². The summed E-state index contributed by atoms with van der Waals surface area (Å²) in [6, 6.07) is 16.5. The molecule has 5 rings (SSSR count). The molecule has 0 unspecified atom stereocenters. The number of anilines is 1. The molecule has 2 aromatic heterocycles. The number of nitrogens with two attached hydrogens (primary N) is 1. The molecule has 150 valence electrons. The molecule has 2 heterocycles.